The average Bonchev–Trinajstić information content (AvgIpc) is 2.95. The van der Waals surface area contributed by atoms with Gasteiger partial charge in [0.1, 0.15) is 10.6 Å². The largest absolute Gasteiger partial charge is 0.345 e. The van der Waals surface area contributed by atoms with E-state index >= 15 is 0 Å². The van der Waals surface area contributed by atoms with Crippen molar-refractivity contribution in [2.24, 2.45) is 5.41 Å². The molecule has 2 aromatic heterocycles. The average molecular weight is 378 g/mol. The molecule has 0 saturated heterocycles. The fourth-order valence-corrected chi connectivity index (χ4v) is 4.95. The van der Waals surface area contributed by atoms with Gasteiger partial charge in [-0.25, -0.2) is 4.98 Å². The number of aromatic amines is 1. The molecule has 0 aromatic carbocycles. The van der Waals surface area contributed by atoms with Crippen LogP contribution < -0.4 is 10.9 Å². The van der Waals surface area contributed by atoms with Crippen LogP contribution in [0.15, 0.2) is 22.0 Å². The molecule has 5 nitrogen and oxygen atoms in total. The Balaban J connectivity index is 1.68. The summed E-state index contributed by atoms with van der Waals surface area (Å²) in [5.41, 5.74) is 1.29. The Morgan fingerprint density at radius 1 is 1.48 bits per heavy atom. The number of fused-ring (bicyclic) bond motifs is 1. The molecule has 1 aliphatic carbocycles. The quantitative estimate of drug-likeness (QED) is 0.783. The van der Waals surface area contributed by atoms with Crippen molar-refractivity contribution >= 4 is 29.0 Å². The van der Waals surface area contributed by atoms with E-state index < -0.39 is 0 Å². The Morgan fingerprint density at radius 3 is 3.04 bits per heavy atom. The summed E-state index contributed by atoms with van der Waals surface area (Å²) in [6.07, 6.45) is 4.84. The highest BCUT2D eigenvalue weighted by Gasteiger charge is 2.28. The molecule has 0 radical (unpaired) electrons. The molecule has 7 heteroatoms. The summed E-state index contributed by atoms with van der Waals surface area (Å²) in [4.78, 5) is 33.8. The number of nitrogens with one attached hydrogen (secondary N) is 2. The molecule has 2 aromatic rings. The standard InChI is InChI=1S/C18H23N3O2S2/c1-4-24-11-7-12(16(22)19-9-11)17(23)20-10-15-21-13-5-6-18(2,3)8-14(13)25-15/h7,9H,4-6,8,10H2,1-3H3,(H,19,22)(H,20,23). The van der Waals surface area contributed by atoms with Crippen molar-refractivity contribution in [3.63, 3.8) is 0 Å². The van der Waals surface area contributed by atoms with Crippen molar-refractivity contribution in [2.75, 3.05) is 5.75 Å². The number of amides is 1. The topological polar surface area (TPSA) is 74.8 Å². The van der Waals surface area contributed by atoms with Gasteiger partial charge in [-0.1, -0.05) is 20.8 Å². The first-order chi connectivity index (χ1) is 11.9. The van der Waals surface area contributed by atoms with Crippen molar-refractivity contribution in [3.8, 4) is 0 Å². The number of thiazole rings is 1. The van der Waals surface area contributed by atoms with Gasteiger partial charge in [0, 0.05) is 16.0 Å². The van der Waals surface area contributed by atoms with E-state index in [1.807, 2.05) is 6.92 Å². The highest BCUT2D eigenvalue weighted by Crippen LogP contribution is 2.37. The van der Waals surface area contributed by atoms with Gasteiger partial charge in [0.15, 0.2) is 0 Å². The number of pyridine rings is 1. The molecule has 1 aliphatic rings. The van der Waals surface area contributed by atoms with Crippen molar-refractivity contribution in [3.05, 3.63) is 43.8 Å². The summed E-state index contributed by atoms with van der Waals surface area (Å²) in [5, 5.41) is 3.74. The first-order valence-corrected chi connectivity index (χ1v) is 10.3. The number of hydrogen-bond acceptors (Lipinski definition) is 5. The summed E-state index contributed by atoms with van der Waals surface area (Å²) in [7, 11) is 0. The molecule has 0 atom stereocenters. The summed E-state index contributed by atoms with van der Waals surface area (Å²) in [6.45, 7) is 6.96. The van der Waals surface area contributed by atoms with E-state index in [0.717, 1.165) is 34.9 Å². The third-order valence-corrected chi connectivity index (χ3v) is 6.29. The lowest BCUT2D eigenvalue weighted by Gasteiger charge is -2.28. The Kier molecular flexibility index (Phi) is 5.34. The lowest BCUT2D eigenvalue weighted by molar-refractivity contribution is 0.0949. The minimum atomic E-state index is -0.363. The Hall–Kier alpha value is -1.60. The third kappa shape index (κ3) is 4.33. The van der Waals surface area contributed by atoms with Crippen LogP contribution in [0.4, 0.5) is 0 Å². The van der Waals surface area contributed by atoms with Crippen LogP contribution in [0.3, 0.4) is 0 Å². The van der Waals surface area contributed by atoms with Crippen LogP contribution in [0.5, 0.6) is 0 Å². The van der Waals surface area contributed by atoms with Crippen molar-refractivity contribution < 1.29 is 4.79 Å². The van der Waals surface area contributed by atoms with E-state index in [1.165, 1.54) is 10.6 Å². The minimum Gasteiger partial charge on any atom is -0.345 e. The van der Waals surface area contributed by atoms with Gasteiger partial charge in [0.25, 0.3) is 11.5 Å². The van der Waals surface area contributed by atoms with Gasteiger partial charge in [0.2, 0.25) is 0 Å². The van der Waals surface area contributed by atoms with Crippen LogP contribution in [0, 0.1) is 5.41 Å². The van der Waals surface area contributed by atoms with Gasteiger partial charge >= 0.3 is 0 Å². The molecule has 25 heavy (non-hydrogen) atoms. The monoisotopic (exact) mass is 377 g/mol. The maximum Gasteiger partial charge on any atom is 0.260 e. The SMILES string of the molecule is CCSc1c[nH]c(=O)c(C(=O)NCc2nc3c(s2)CC(C)(C)CC3)c1. The molecule has 3 rings (SSSR count). The lowest BCUT2D eigenvalue weighted by Crippen LogP contribution is -2.29. The van der Waals surface area contributed by atoms with Gasteiger partial charge in [-0.05, 0) is 36.5 Å². The number of aryl methyl sites for hydroxylation is 1. The first-order valence-electron chi connectivity index (χ1n) is 8.49. The van der Waals surface area contributed by atoms with Crippen molar-refractivity contribution in [1.29, 1.82) is 0 Å². The van der Waals surface area contributed by atoms with Gasteiger partial charge in [-0.15, -0.1) is 23.1 Å². The minimum absolute atomic E-state index is 0.154. The van der Waals surface area contributed by atoms with E-state index in [0.29, 0.717) is 12.0 Å². The van der Waals surface area contributed by atoms with E-state index in [9.17, 15) is 9.59 Å². The van der Waals surface area contributed by atoms with E-state index in [2.05, 4.69) is 29.1 Å². The molecular weight excluding hydrogens is 354 g/mol. The molecule has 2 N–H and O–H groups in total. The number of aromatic nitrogens is 2. The number of H-pyrrole nitrogens is 1. The number of hydrogen-bond donors (Lipinski definition) is 2. The lowest BCUT2D eigenvalue weighted by atomic mass is 9.79. The second-order valence-corrected chi connectivity index (χ2v) is 9.52. The summed E-state index contributed by atoms with van der Waals surface area (Å²) in [5.74, 6) is 0.530. The van der Waals surface area contributed by atoms with E-state index in [1.54, 1.807) is 35.4 Å². The van der Waals surface area contributed by atoms with Crippen LogP contribution in [0.1, 0.15) is 53.1 Å². The molecule has 134 valence electrons. The summed E-state index contributed by atoms with van der Waals surface area (Å²) >= 11 is 3.26. The van der Waals surface area contributed by atoms with Crippen molar-refractivity contribution in [2.45, 2.75) is 51.5 Å². The first kappa shape index (κ1) is 18.2. The van der Waals surface area contributed by atoms with Gasteiger partial charge < -0.3 is 10.3 Å². The van der Waals surface area contributed by atoms with Gasteiger partial charge in [0.05, 0.1) is 12.2 Å². The Morgan fingerprint density at radius 2 is 2.28 bits per heavy atom. The summed E-state index contributed by atoms with van der Waals surface area (Å²) < 4.78 is 0. The molecule has 0 aliphatic heterocycles. The predicted molar refractivity (Wildman–Crippen MR) is 103 cm³/mol. The zero-order valence-electron chi connectivity index (χ0n) is 14.8. The molecular formula is C18H23N3O2S2. The fraction of sp³-hybridized carbons (Fsp3) is 0.500. The number of thioether (sulfide) groups is 1. The van der Waals surface area contributed by atoms with E-state index in [-0.39, 0.29) is 17.0 Å². The third-order valence-electron chi connectivity index (χ3n) is 4.33. The molecule has 0 saturated carbocycles. The molecule has 0 unspecified atom stereocenters. The van der Waals surface area contributed by atoms with Crippen LogP contribution in [0.25, 0.3) is 0 Å². The zero-order chi connectivity index (χ0) is 18.0. The second-order valence-electron chi connectivity index (χ2n) is 7.01. The smallest absolute Gasteiger partial charge is 0.260 e. The Labute approximate surface area is 155 Å². The van der Waals surface area contributed by atoms with Crippen LogP contribution in [0.2, 0.25) is 0 Å². The van der Waals surface area contributed by atoms with E-state index in [4.69, 9.17) is 0 Å². The highest BCUT2D eigenvalue weighted by molar-refractivity contribution is 7.99. The van der Waals surface area contributed by atoms with Crippen LogP contribution >= 0.6 is 23.1 Å². The number of carbonyl (C=O) groups is 1. The van der Waals surface area contributed by atoms with Crippen LogP contribution in [-0.2, 0) is 19.4 Å². The number of rotatable bonds is 5. The zero-order valence-corrected chi connectivity index (χ0v) is 16.4. The number of carbonyl (C=O) groups excluding carboxylic acids is 1. The van der Waals surface area contributed by atoms with Crippen LogP contribution in [-0.4, -0.2) is 21.6 Å². The normalized spacial score (nSPS) is 15.6. The fourth-order valence-electron chi connectivity index (χ4n) is 2.96. The Bertz CT molecular complexity index is 839. The molecule has 1 amide bonds. The molecule has 0 spiro atoms. The van der Waals surface area contributed by atoms with Gasteiger partial charge in [-0.2, -0.15) is 0 Å². The second kappa shape index (κ2) is 7.33. The number of nitrogens with zero attached hydrogens (tertiary/aromatic N) is 1. The van der Waals surface area contributed by atoms with Gasteiger partial charge in [-0.3, -0.25) is 9.59 Å². The van der Waals surface area contributed by atoms with Crippen molar-refractivity contribution in [1.82, 2.24) is 15.3 Å². The maximum absolute atomic E-state index is 12.4. The highest BCUT2D eigenvalue weighted by atomic mass is 32.2. The molecule has 2 heterocycles. The molecule has 0 fully saturated rings. The predicted octanol–water partition coefficient (Wildman–Crippen LogP) is 3.39. The molecule has 0 bridgehead atoms. The summed E-state index contributed by atoms with van der Waals surface area (Å²) in [6, 6.07) is 1.65. The maximum atomic E-state index is 12.4.